The van der Waals surface area contributed by atoms with Crippen molar-refractivity contribution in [3.8, 4) is 23.0 Å². The molecule has 4 rings (SSSR count). The molecule has 2 aromatic heterocycles. The normalized spacial score (nSPS) is 11.8. The molecule has 0 unspecified atom stereocenters. The number of para-hydroxylation sites is 1. The molecule has 0 saturated heterocycles. The van der Waals surface area contributed by atoms with Gasteiger partial charge in [0, 0.05) is 48.8 Å². The van der Waals surface area contributed by atoms with Crippen LogP contribution in [0.15, 0.2) is 63.9 Å². The lowest BCUT2D eigenvalue weighted by Crippen LogP contribution is -2.29. The second-order valence-electron chi connectivity index (χ2n) is 8.54. The summed E-state index contributed by atoms with van der Waals surface area (Å²) in [5.74, 6) is -0.168. The van der Waals surface area contributed by atoms with E-state index in [2.05, 4.69) is 9.88 Å². The van der Waals surface area contributed by atoms with Crippen LogP contribution in [0.25, 0.3) is 10.9 Å². The van der Waals surface area contributed by atoms with E-state index in [9.17, 15) is 14.7 Å². The Kier molecular flexibility index (Phi) is 7.71. The molecule has 0 radical (unpaired) electrons. The second-order valence-corrected chi connectivity index (χ2v) is 8.54. The number of nitrogens with zero attached hydrogens (tertiary/aromatic N) is 1. The highest BCUT2D eigenvalue weighted by atomic mass is 16.5. The summed E-state index contributed by atoms with van der Waals surface area (Å²) in [4.78, 5) is 26.0. The van der Waals surface area contributed by atoms with Crippen LogP contribution in [0.1, 0.15) is 29.2 Å². The highest BCUT2D eigenvalue weighted by molar-refractivity contribution is 5.80. The van der Waals surface area contributed by atoms with Gasteiger partial charge < -0.3 is 33.6 Å². The highest BCUT2D eigenvalue weighted by Crippen LogP contribution is 2.45. The predicted octanol–water partition coefficient (Wildman–Crippen LogP) is 3.97. The largest absolute Gasteiger partial charge is 0.507 e. The fourth-order valence-corrected chi connectivity index (χ4v) is 4.60. The van der Waals surface area contributed by atoms with Crippen molar-refractivity contribution in [1.82, 2.24) is 9.88 Å². The number of carbonyl (C=O) groups excluding carboxylic acids is 1. The van der Waals surface area contributed by atoms with Crippen LogP contribution in [0, 0.1) is 6.92 Å². The maximum Gasteiger partial charge on any atom is 0.343 e. The summed E-state index contributed by atoms with van der Waals surface area (Å²) in [6, 6.07) is 14.7. The van der Waals surface area contributed by atoms with Crippen molar-refractivity contribution in [1.29, 1.82) is 0 Å². The van der Waals surface area contributed by atoms with E-state index in [1.165, 1.54) is 27.4 Å². The Morgan fingerprint density at radius 2 is 1.81 bits per heavy atom. The molecule has 0 fully saturated rings. The lowest BCUT2D eigenvalue weighted by atomic mass is 9.87. The molecule has 4 aromatic rings. The number of benzene rings is 2. The average molecular weight is 507 g/mol. The molecule has 0 aliphatic carbocycles. The summed E-state index contributed by atoms with van der Waals surface area (Å²) in [6.07, 6.45) is 1.84. The molecule has 9 nitrogen and oxygen atoms in total. The van der Waals surface area contributed by atoms with Crippen molar-refractivity contribution in [2.45, 2.75) is 25.8 Å². The van der Waals surface area contributed by atoms with Crippen LogP contribution < -0.4 is 25.2 Å². The lowest BCUT2D eigenvalue weighted by molar-refractivity contribution is -0.121. The van der Waals surface area contributed by atoms with Gasteiger partial charge in [-0.15, -0.1) is 0 Å². The number of aromatic nitrogens is 1. The topological polar surface area (TPSA) is 112 Å². The third-order valence-electron chi connectivity index (χ3n) is 6.29. The third-order valence-corrected chi connectivity index (χ3v) is 6.29. The number of hydrogen-bond acceptors (Lipinski definition) is 7. The molecule has 0 aliphatic heterocycles. The van der Waals surface area contributed by atoms with E-state index in [4.69, 9.17) is 18.6 Å². The summed E-state index contributed by atoms with van der Waals surface area (Å²) in [5, 5.41) is 14.8. The number of aryl methyl sites for hydroxylation is 1. The van der Waals surface area contributed by atoms with Gasteiger partial charge in [0.2, 0.25) is 11.7 Å². The molecule has 0 bridgehead atoms. The zero-order chi connectivity index (χ0) is 26.5. The molecule has 9 heteroatoms. The van der Waals surface area contributed by atoms with Gasteiger partial charge >= 0.3 is 5.63 Å². The quantitative estimate of drug-likeness (QED) is 0.335. The SMILES string of the molecule is COc1ccc([C@H](CC(=O)NCCn2ccc3ccccc32)c2c(O)cc(C)oc2=O)c(OC)c1OC. The third kappa shape index (κ3) is 5.25. The Balaban J connectivity index is 1.64. The summed E-state index contributed by atoms with van der Waals surface area (Å²) in [6.45, 7) is 2.51. The number of nitrogens with one attached hydrogen (secondary N) is 1. The van der Waals surface area contributed by atoms with Crippen LogP contribution in [0.5, 0.6) is 23.0 Å². The molecule has 1 amide bonds. The van der Waals surface area contributed by atoms with Crippen LogP contribution in [0.3, 0.4) is 0 Å². The summed E-state index contributed by atoms with van der Waals surface area (Å²) in [5.41, 5.74) is 0.777. The molecule has 2 heterocycles. The summed E-state index contributed by atoms with van der Waals surface area (Å²) >= 11 is 0. The van der Waals surface area contributed by atoms with E-state index in [1.807, 2.05) is 36.5 Å². The zero-order valence-electron chi connectivity index (χ0n) is 21.2. The zero-order valence-corrected chi connectivity index (χ0v) is 21.2. The minimum atomic E-state index is -0.876. The Hall–Kier alpha value is -4.40. The van der Waals surface area contributed by atoms with Crippen molar-refractivity contribution in [3.05, 3.63) is 82.0 Å². The second kappa shape index (κ2) is 11.1. The maximum absolute atomic E-state index is 13.1. The van der Waals surface area contributed by atoms with Gasteiger partial charge in [-0.3, -0.25) is 4.79 Å². The van der Waals surface area contributed by atoms with Gasteiger partial charge in [0.15, 0.2) is 11.5 Å². The fourth-order valence-electron chi connectivity index (χ4n) is 4.60. The van der Waals surface area contributed by atoms with Crippen molar-refractivity contribution < 1.29 is 28.5 Å². The number of methoxy groups -OCH3 is 3. The first-order valence-corrected chi connectivity index (χ1v) is 11.8. The van der Waals surface area contributed by atoms with E-state index in [1.54, 1.807) is 19.1 Å². The Bertz CT molecular complexity index is 1470. The van der Waals surface area contributed by atoms with Crippen molar-refractivity contribution >= 4 is 16.8 Å². The average Bonchev–Trinajstić information content (AvgIpc) is 3.29. The Morgan fingerprint density at radius 1 is 1.05 bits per heavy atom. The Morgan fingerprint density at radius 3 is 2.51 bits per heavy atom. The van der Waals surface area contributed by atoms with Gasteiger partial charge in [0.05, 0.1) is 26.9 Å². The predicted molar refractivity (Wildman–Crippen MR) is 139 cm³/mol. The number of rotatable bonds is 10. The maximum atomic E-state index is 13.1. The van der Waals surface area contributed by atoms with E-state index in [-0.39, 0.29) is 35.2 Å². The number of carbonyl (C=O) groups is 1. The van der Waals surface area contributed by atoms with E-state index in [0.717, 1.165) is 10.9 Å². The highest BCUT2D eigenvalue weighted by Gasteiger charge is 2.30. The molecule has 0 aliphatic rings. The van der Waals surface area contributed by atoms with Gasteiger partial charge in [-0.05, 0) is 30.5 Å². The first-order valence-electron chi connectivity index (χ1n) is 11.8. The molecule has 37 heavy (non-hydrogen) atoms. The van der Waals surface area contributed by atoms with E-state index >= 15 is 0 Å². The van der Waals surface area contributed by atoms with Crippen molar-refractivity contribution in [3.63, 3.8) is 0 Å². The van der Waals surface area contributed by atoms with Gasteiger partial charge in [-0.1, -0.05) is 24.3 Å². The van der Waals surface area contributed by atoms with Gasteiger partial charge in [0.1, 0.15) is 11.5 Å². The van der Waals surface area contributed by atoms with E-state index in [0.29, 0.717) is 30.2 Å². The van der Waals surface area contributed by atoms with Gasteiger partial charge in [-0.2, -0.15) is 0 Å². The smallest absolute Gasteiger partial charge is 0.343 e. The first kappa shape index (κ1) is 25.7. The van der Waals surface area contributed by atoms with E-state index < -0.39 is 11.5 Å². The standard InChI is InChI=1S/C28H30N2O7/c1-17-15-22(31)25(28(33)37-17)20(19-9-10-23(34-2)27(36-4)26(19)35-3)16-24(32)29-12-14-30-13-11-18-7-5-6-8-21(18)30/h5-11,13,15,20,31H,12,14,16H2,1-4H3,(H,29,32)/t20-/m0/s1. The number of hydrogen-bond donors (Lipinski definition) is 2. The van der Waals surface area contributed by atoms with Crippen LogP contribution in [0.4, 0.5) is 0 Å². The van der Waals surface area contributed by atoms with Gasteiger partial charge in [-0.25, -0.2) is 4.79 Å². The van der Waals surface area contributed by atoms with Crippen LogP contribution >= 0.6 is 0 Å². The molecule has 2 N–H and O–H groups in total. The minimum Gasteiger partial charge on any atom is -0.507 e. The number of fused-ring (bicyclic) bond motifs is 1. The number of amides is 1. The number of ether oxygens (including phenoxy) is 3. The van der Waals surface area contributed by atoms with Crippen LogP contribution in [-0.4, -0.2) is 43.5 Å². The summed E-state index contributed by atoms with van der Waals surface area (Å²) < 4.78 is 23.8. The van der Waals surface area contributed by atoms with Crippen LogP contribution in [-0.2, 0) is 11.3 Å². The lowest BCUT2D eigenvalue weighted by Gasteiger charge is -2.22. The van der Waals surface area contributed by atoms with Crippen molar-refractivity contribution in [2.75, 3.05) is 27.9 Å². The molecule has 1 atom stereocenters. The molecule has 194 valence electrons. The summed E-state index contributed by atoms with van der Waals surface area (Å²) in [7, 11) is 4.42. The molecule has 0 spiro atoms. The van der Waals surface area contributed by atoms with Gasteiger partial charge in [0.25, 0.3) is 0 Å². The van der Waals surface area contributed by atoms with Crippen molar-refractivity contribution in [2.24, 2.45) is 0 Å². The molecule has 0 saturated carbocycles. The fraction of sp³-hybridized carbons (Fsp3) is 0.286. The Labute approximate surface area is 214 Å². The number of aromatic hydroxyl groups is 1. The first-order chi connectivity index (χ1) is 17.9. The molecular weight excluding hydrogens is 476 g/mol. The van der Waals surface area contributed by atoms with Crippen LogP contribution in [0.2, 0.25) is 0 Å². The molecular formula is C28H30N2O7. The minimum absolute atomic E-state index is 0.0392. The monoisotopic (exact) mass is 506 g/mol. The molecule has 2 aromatic carbocycles.